The van der Waals surface area contributed by atoms with Crippen molar-refractivity contribution in [3.63, 3.8) is 0 Å². The maximum Gasteiger partial charge on any atom is 0.417 e. The average Bonchev–Trinajstić information content (AvgIpc) is 3.03. The number of halogens is 3. The number of rotatable bonds is 4. The molecular weight excluding hydrogens is 277 g/mol. The van der Waals surface area contributed by atoms with Gasteiger partial charge in [0.1, 0.15) is 0 Å². The number of aromatic nitrogens is 1. The maximum absolute atomic E-state index is 12.5. The molecule has 1 aromatic heterocycles. The van der Waals surface area contributed by atoms with Gasteiger partial charge in [-0.2, -0.15) is 13.2 Å². The summed E-state index contributed by atoms with van der Waals surface area (Å²) in [6.45, 7) is 2.78. The van der Waals surface area contributed by atoms with Crippen LogP contribution in [-0.2, 0) is 25.7 Å². The molecule has 1 aliphatic rings. The molecule has 0 saturated carbocycles. The number of fused-ring (bicyclic) bond motifs is 1. The van der Waals surface area contributed by atoms with Gasteiger partial charge in [-0.15, -0.1) is 0 Å². The Morgan fingerprint density at radius 1 is 1.10 bits per heavy atom. The summed E-state index contributed by atoms with van der Waals surface area (Å²) >= 11 is 0. The van der Waals surface area contributed by atoms with Gasteiger partial charge in [0.05, 0.1) is 5.56 Å². The van der Waals surface area contributed by atoms with Crippen LogP contribution in [0.25, 0.3) is 0 Å². The number of hydrogen-bond acceptors (Lipinski definition) is 1. The lowest BCUT2D eigenvalue weighted by molar-refractivity contribution is -0.137. The first-order valence-electron chi connectivity index (χ1n) is 7.06. The summed E-state index contributed by atoms with van der Waals surface area (Å²) in [7, 11) is 0. The van der Waals surface area contributed by atoms with E-state index in [0.29, 0.717) is 12.1 Å². The molecule has 1 aliphatic heterocycles. The molecule has 1 N–H and O–H groups in total. The molecule has 1 aromatic carbocycles. The first-order chi connectivity index (χ1) is 10.0. The number of nitrogens with one attached hydrogen (secondary N) is 1. The number of aromatic amines is 1. The molecule has 21 heavy (non-hydrogen) atoms. The maximum atomic E-state index is 12.5. The van der Waals surface area contributed by atoms with Crippen LogP contribution in [0.1, 0.15) is 28.8 Å². The van der Waals surface area contributed by atoms with Gasteiger partial charge < -0.3 is 4.98 Å². The molecule has 2 heterocycles. The molecule has 0 atom stereocenters. The summed E-state index contributed by atoms with van der Waals surface area (Å²) in [4.78, 5) is 5.05. The van der Waals surface area contributed by atoms with Gasteiger partial charge in [0.2, 0.25) is 0 Å². The Balaban J connectivity index is 1.48. The van der Waals surface area contributed by atoms with Crippen molar-refractivity contribution >= 4 is 0 Å². The third-order valence-electron chi connectivity index (χ3n) is 3.90. The minimum atomic E-state index is -4.26. The van der Waals surface area contributed by atoms with Crippen molar-refractivity contribution < 1.29 is 13.2 Å². The van der Waals surface area contributed by atoms with E-state index in [1.54, 1.807) is 0 Å². The zero-order chi connectivity index (χ0) is 14.9. The summed E-state index contributed by atoms with van der Waals surface area (Å²) < 4.78 is 37.5. The molecule has 0 fully saturated rings. The largest absolute Gasteiger partial charge is 0.417 e. The van der Waals surface area contributed by atoms with Gasteiger partial charge in [-0.25, -0.2) is 0 Å². The molecule has 3 rings (SSSR count). The van der Waals surface area contributed by atoms with Crippen LogP contribution in [0.4, 0.5) is 13.2 Å². The second-order valence-electron chi connectivity index (χ2n) is 5.49. The number of benzene rings is 1. The molecule has 2 aromatic rings. The second-order valence-corrected chi connectivity index (χ2v) is 5.49. The van der Waals surface area contributed by atoms with Crippen molar-refractivity contribution in [1.29, 1.82) is 0 Å². The van der Waals surface area contributed by atoms with Gasteiger partial charge in [-0.05, 0) is 36.6 Å². The van der Waals surface area contributed by atoms with Gasteiger partial charge in [0.25, 0.3) is 0 Å². The van der Waals surface area contributed by atoms with Crippen LogP contribution in [0.2, 0.25) is 0 Å². The molecule has 0 bridgehead atoms. The van der Waals surface area contributed by atoms with Gasteiger partial charge in [0.15, 0.2) is 0 Å². The molecular formula is C16H17F3N2. The third-order valence-corrected chi connectivity index (χ3v) is 3.90. The van der Waals surface area contributed by atoms with E-state index >= 15 is 0 Å². The zero-order valence-electron chi connectivity index (χ0n) is 11.6. The Morgan fingerprint density at radius 3 is 2.33 bits per heavy atom. The highest BCUT2D eigenvalue weighted by atomic mass is 19.4. The molecule has 0 spiro atoms. The highest BCUT2D eigenvalue weighted by molar-refractivity contribution is 5.30. The lowest BCUT2D eigenvalue weighted by atomic mass is 10.1. The molecule has 5 heteroatoms. The van der Waals surface area contributed by atoms with Crippen molar-refractivity contribution in [2.24, 2.45) is 0 Å². The Kier molecular flexibility index (Phi) is 3.76. The predicted molar refractivity (Wildman–Crippen MR) is 74.7 cm³/mol. The van der Waals surface area contributed by atoms with Crippen LogP contribution < -0.4 is 0 Å². The van der Waals surface area contributed by atoms with Crippen LogP contribution in [0.3, 0.4) is 0 Å². The Labute approximate surface area is 121 Å². The number of nitrogens with zero attached hydrogens (tertiary/aromatic N) is 1. The molecule has 0 saturated heterocycles. The van der Waals surface area contributed by atoms with Crippen molar-refractivity contribution in [2.45, 2.75) is 32.1 Å². The molecule has 112 valence electrons. The third kappa shape index (κ3) is 3.29. The van der Waals surface area contributed by atoms with E-state index in [1.165, 1.54) is 17.2 Å². The minimum absolute atomic E-state index is 0.592. The van der Waals surface area contributed by atoms with Crippen LogP contribution >= 0.6 is 0 Å². The van der Waals surface area contributed by atoms with Gasteiger partial charge in [-0.3, -0.25) is 4.90 Å². The van der Waals surface area contributed by atoms with Crippen molar-refractivity contribution in [2.75, 3.05) is 6.54 Å². The summed E-state index contributed by atoms with van der Waals surface area (Å²) in [5.41, 5.74) is 2.78. The fraction of sp³-hybridized carbons (Fsp3) is 0.375. The van der Waals surface area contributed by atoms with Gasteiger partial charge >= 0.3 is 6.18 Å². The number of alkyl halides is 3. The van der Waals surface area contributed by atoms with Gasteiger partial charge in [0, 0.05) is 25.0 Å². The number of aryl methyl sites for hydroxylation is 1. The van der Waals surface area contributed by atoms with E-state index in [2.05, 4.69) is 22.0 Å². The lowest BCUT2D eigenvalue weighted by Gasteiger charge is -2.13. The van der Waals surface area contributed by atoms with Crippen molar-refractivity contribution in [1.82, 2.24) is 9.88 Å². The summed E-state index contributed by atoms with van der Waals surface area (Å²) in [5.74, 6) is 0. The second kappa shape index (κ2) is 5.56. The fourth-order valence-electron chi connectivity index (χ4n) is 2.80. The van der Waals surface area contributed by atoms with Crippen molar-refractivity contribution in [3.05, 3.63) is 58.9 Å². The first kappa shape index (κ1) is 14.2. The van der Waals surface area contributed by atoms with Crippen molar-refractivity contribution in [3.8, 4) is 0 Å². The number of hydrogen-bond donors (Lipinski definition) is 1. The summed E-state index contributed by atoms with van der Waals surface area (Å²) in [5, 5.41) is 0. The highest BCUT2D eigenvalue weighted by Gasteiger charge is 2.31. The van der Waals surface area contributed by atoms with E-state index in [0.717, 1.165) is 32.3 Å². The van der Waals surface area contributed by atoms with E-state index < -0.39 is 11.7 Å². The standard InChI is InChI=1S/C16H17F3N2/c17-16(18,19)14-8-15(20-9-14)6-3-7-21-10-12-4-1-2-5-13(12)11-21/h1-2,4-5,8-9,20H,3,6-7,10-11H2. The Hall–Kier alpha value is -1.75. The van der Waals surface area contributed by atoms with Crippen LogP contribution in [0.15, 0.2) is 36.5 Å². The lowest BCUT2D eigenvalue weighted by Crippen LogP contribution is -2.18. The quantitative estimate of drug-likeness (QED) is 0.903. The molecule has 0 amide bonds. The molecule has 2 nitrogen and oxygen atoms in total. The van der Waals surface area contributed by atoms with E-state index in [4.69, 9.17) is 0 Å². The van der Waals surface area contributed by atoms with Crippen LogP contribution in [-0.4, -0.2) is 16.4 Å². The van der Waals surface area contributed by atoms with E-state index in [1.807, 2.05) is 12.1 Å². The SMILES string of the molecule is FC(F)(F)c1c[nH]c(CCCN2Cc3ccccc3C2)c1. The topological polar surface area (TPSA) is 19.0 Å². The van der Waals surface area contributed by atoms with E-state index in [9.17, 15) is 13.2 Å². The monoisotopic (exact) mass is 294 g/mol. The van der Waals surface area contributed by atoms with Crippen LogP contribution in [0, 0.1) is 0 Å². The fourth-order valence-corrected chi connectivity index (χ4v) is 2.80. The predicted octanol–water partition coefficient (Wildman–Crippen LogP) is 3.98. The smallest absolute Gasteiger partial charge is 0.364 e. The molecule has 0 aliphatic carbocycles. The molecule has 0 radical (unpaired) electrons. The van der Waals surface area contributed by atoms with Crippen LogP contribution in [0.5, 0.6) is 0 Å². The summed E-state index contributed by atoms with van der Waals surface area (Å²) in [6.07, 6.45) is -1.72. The number of H-pyrrole nitrogens is 1. The van der Waals surface area contributed by atoms with E-state index in [-0.39, 0.29) is 0 Å². The zero-order valence-corrected chi connectivity index (χ0v) is 11.6. The molecule has 0 unspecified atom stereocenters. The minimum Gasteiger partial charge on any atom is -0.364 e. The highest BCUT2D eigenvalue weighted by Crippen LogP contribution is 2.29. The first-order valence-corrected chi connectivity index (χ1v) is 7.06. The van der Waals surface area contributed by atoms with Gasteiger partial charge in [-0.1, -0.05) is 24.3 Å². The average molecular weight is 294 g/mol. The Morgan fingerprint density at radius 2 is 1.76 bits per heavy atom. The Bertz CT molecular complexity index is 591. The normalized spacial score (nSPS) is 15.4. The summed E-state index contributed by atoms with van der Waals surface area (Å²) in [6, 6.07) is 9.56.